The summed E-state index contributed by atoms with van der Waals surface area (Å²) in [6.07, 6.45) is 56.5. The van der Waals surface area contributed by atoms with Crippen LogP contribution in [0.15, 0.2) is 72.9 Å². The van der Waals surface area contributed by atoms with Crippen molar-refractivity contribution in [2.24, 2.45) is 0 Å². The van der Waals surface area contributed by atoms with Crippen LogP contribution in [0, 0.1) is 0 Å². The highest BCUT2D eigenvalue weighted by molar-refractivity contribution is 5.69. The van der Waals surface area contributed by atoms with Crippen molar-refractivity contribution >= 4 is 5.97 Å². The molecule has 1 saturated heterocycles. The Morgan fingerprint density at radius 2 is 0.924 bits per heavy atom. The van der Waals surface area contributed by atoms with Gasteiger partial charge in [-0.3, -0.25) is 4.79 Å². The number of aliphatic hydroxyl groups excluding tert-OH is 4. The second kappa shape index (κ2) is 47.7. The predicted octanol–water partition coefficient (Wildman–Crippen LogP) is 13.6. The maximum Gasteiger partial charge on any atom is 0.306 e. The molecule has 0 spiro atoms. The molecule has 1 aliphatic heterocycles. The largest absolute Gasteiger partial charge is 0.457 e. The molecule has 382 valence electrons. The molecule has 0 aromatic rings. The van der Waals surface area contributed by atoms with Crippen molar-refractivity contribution < 1.29 is 44.2 Å². The van der Waals surface area contributed by atoms with Gasteiger partial charge in [-0.15, -0.1) is 0 Å². The molecule has 4 N–H and O–H groups in total. The molecule has 0 amide bonds. The SMILES string of the molecule is CC/C=C\C/C=C\C/C=C\C/C=C\CCCCCCCOCC(COC1OC(CO)C(O)C(O)C1O)OC(=O)CCCCCCCCCCCCCCC/C=C\C/C=C\CCCCCCC. The van der Waals surface area contributed by atoms with E-state index in [1.807, 2.05) is 0 Å². The van der Waals surface area contributed by atoms with Gasteiger partial charge in [-0.1, -0.05) is 202 Å². The van der Waals surface area contributed by atoms with Gasteiger partial charge in [-0.25, -0.2) is 0 Å². The van der Waals surface area contributed by atoms with Gasteiger partial charge in [0.2, 0.25) is 0 Å². The number of unbranched alkanes of at least 4 members (excludes halogenated alkanes) is 23. The Balaban J connectivity index is 2.19. The van der Waals surface area contributed by atoms with Gasteiger partial charge in [0.15, 0.2) is 6.29 Å². The minimum atomic E-state index is -1.54. The molecule has 6 atom stereocenters. The van der Waals surface area contributed by atoms with E-state index in [0.29, 0.717) is 13.0 Å². The van der Waals surface area contributed by atoms with Gasteiger partial charge in [-0.2, -0.15) is 0 Å². The van der Waals surface area contributed by atoms with Crippen LogP contribution in [0.5, 0.6) is 0 Å². The average Bonchev–Trinajstić information content (AvgIpc) is 3.32. The summed E-state index contributed by atoms with van der Waals surface area (Å²) in [6.45, 7) is 4.40. The Labute approximate surface area is 404 Å². The fraction of sp³-hybridized carbons (Fsp3) is 0.772. The molecule has 1 heterocycles. The van der Waals surface area contributed by atoms with Gasteiger partial charge >= 0.3 is 5.97 Å². The third-order valence-electron chi connectivity index (χ3n) is 12.1. The fourth-order valence-corrected chi connectivity index (χ4v) is 7.93. The highest BCUT2D eigenvalue weighted by Crippen LogP contribution is 2.23. The van der Waals surface area contributed by atoms with Crippen LogP contribution in [0.2, 0.25) is 0 Å². The molecule has 0 aromatic carbocycles. The van der Waals surface area contributed by atoms with E-state index in [4.69, 9.17) is 18.9 Å². The van der Waals surface area contributed by atoms with E-state index < -0.39 is 43.4 Å². The molecule has 1 rings (SSSR count). The van der Waals surface area contributed by atoms with Crippen molar-refractivity contribution in [1.82, 2.24) is 0 Å². The summed E-state index contributed by atoms with van der Waals surface area (Å²) >= 11 is 0. The van der Waals surface area contributed by atoms with E-state index in [-0.39, 0.29) is 19.2 Å². The summed E-state index contributed by atoms with van der Waals surface area (Å²) in [7, 11) is 0. The molecular formula is C57H100O9. The summed E-state index contributed by atoms with van der Waals surface area (Å²) < 4.78 is 22.9. The van der Waals surface area contributed by atoms with Crippen molar-refractivity contribution in [3.63, 3.8) is 0 Å². The minimum Gasteiger partial charge on any atom is -0.457 e. The van der Waals surface area contributed by atoms with E-state index in [2.05, 4.69) is 86.8 Å². The Morgan fingerprint density at radius 1 is 0.500 bits per heavy atom. The Kier molecular flexibility index (Phi) is 44.5. The zero-order valence-electron chi connectivity index (χ0n) is 42.2. The van der Waals surface area contributed by atoms with E-state index in [0.717, 1.165) is 77.0 Å². The first-order valence-electron chi connectivity index (χ1n) is 27.0. The number of aliphatic hydroxyl groups is 4. The summed E-state index contributed by atoms with van der Waals surface area (Å²) in [6, 6.07) is 0. The second-order valence-electron chi connectivity index (χ2n) is 18.3. The van der Waals surface area contributed by atoms with Gasteiger partial charge in [0.25, 0.3) is 0 Å². The quantitative estimate of drug-likeness (QED) is 0.0267. The molecular weight excluding hydrogens is 829 g/mol. The lowest BCUT2D eigenvalue weighted by atomic mass is 9.99. The molecule has 1 aliphatic rings. The number of esters is 1. The van der Waals surface area contributed by atoms with E-state index in [9.17, 15) is 25.2 Å². The smallest absolute Gasteiger partial charge is 0.306 e. The molecule has 0 radical (unpaired) electrons. The van der Waals surface area contributed by atoms with Gasteiger partial charge < -0.3 is 39.4 Å². The number of ether oxygens (including phenoxy) is 4. The number of hydrogen-bond donors (Lipinski definition) is 4. The van der Waals surface area contributed by atoms with Crippen molar-refractivity contribution in [2.75, 3.05) is 26.4 Å². The van der Waals surface area contributed by atoms with Crippen LogP contribution < -0.4 is 0 Å². The van der Waals surface area contributed by atoms with Gasteiger partial charge in [-0.05, 0) is 83.5 Å². The Bertz CT molecular complexity index is 1240. The predicted molar refractivity (Wildman–Crippen MR) is 274 cm³/mol. The Hall–Kier alpha value is -2.37. The van der Waals surface area contributed by atoms with Gasteiger partial charge in [0.05, 0.1) is 19.8 Å². The summed E-state index contributed by atoms with van der Waals surface area (Å²) in [5.41, 5.74) is 0. The molecule has 0 saturated carbocycles. The molecule has 1 fully saturated rings. The second-order valence-corrected chi connectivity index (χ2v) is 18.3. The van der Waals surface area contributed by atoms with Gasteiger partial charge in [0.1, 0.15) is 30.5 Å². The normalized spacial score (nSPS) is 19.9. The minimum absolute atomic E-state index is 0.124. The highest BCUT2D eigenvalue weighted by Gasteiger charge is 2.44. The van der Waals surface area contributed by atoms with E-state index in [1.54, 1.807) is 0 Å². The highest BCUT2D eigenvalue weighted by atomic mass is 16.7. The van der Waals surface area contributed by atoms with Crippen LogP contribution in [-0.2, 0) is 23.7 Å². The van der Waals surface area contributed by atoms with Crippen molar-refractivity contribution in [2.45, 2.75) is 256 Å². The van der Waals surface area contributed by atoms with E-state index in [1.165, 1.54) is 122 Å². The number of hydrogen-bond acceptors (Lipinski definition) is 9. The lowest BCUT2D eigenvalue weighted by Gasteiger charge is -2.39. The molecule has 6 unspecified atom stereocenters. The lowest BCUT2D eigenvalue weighted by molar-refractivity contribution is -0.305. The first-order chi connectivity index (χ1) is 32.4. The fourth-order valence-electron chi connectivity index (χ4n) is 7.93. The number of rotatable bonds is 46. The standard InChI is InChI=1S/C57H100O9/c1-3-5-7-9-11-13-15-17-19-21-23-24-25-26-27-28-29-30-32-34-36-38-40-42-44-46-53(59)65-51(50-64-57-56(62)55(61)54(60)52(48-58)66-57)49-63-47-45-43-41-39-37-35-33-31-22-20-18-16-14-12-10-8-6-4-2/h6,8,12,14-15,17-18,20-21,23,31,33,51-52,54-58,60-62H,3-5,7,9-11,13,16,19,22,24-30,32,34-50H2,1-2H3/b8-6-,14-12-,17-15-,20-18-,23-21-,33-31-. The number of allylic oxidation sites excluding steroid dienone is 12. The molecule has 0 aromatic heterocycles. The van der Waals surface area contributed by atoms with Crippen molar-refractivity contribution in [3.8, 4) is 0 Å². The number of carbonyl (C=O) groups excluding carboxylic acids is 1. The zero-order chi connectivity index (χ0) is 47.8. The monoisotopic (exact) mass is 929 g/mol. The van der Waals surface area contributed by atoms with Gasteiger partial charge in [0, 0.05) is 13.0 Å². The third-order valence-corrected chi connectivity index (χ3v) is 12.1. The molecule has 0 bridgehead atoms. The van der Waals surface area contributed by atoms with E-state index >= 15 is 0 Å². The molecule has 9 nitrogen and oxygen atoms in total. The summed E-state index contributed by atoms with van der Waals surface area (Å²) in [5.74, 6) is -0.322. The first kappa shape index (κ1) is 61.6. The van der Waals surface area contributed by atoms with Crippen LogP contribution >= 0.6 is 0 Å². The number of carbonyl (C=O) groups is 1. The summed E-state index contributed by atoms with van der Waals surface area (Å²) in [5, 5.41) is 40.3. The average molecular weight is 929 g/mol. The lowest BCUT2D eigenvalue weighted by Crippen LogP contribution is -2.59. The molecule has 0 aliphatic carbocycles. The zero-order valence-corrected chi connectivity index (χ0v) is 42.2. The van der Waals surface area contributed by atoms with Crippen molar-refractivity contribution in [3.05, 3.63) is 72.9 Å². The van der Waals surface area contributed by atoms with Crippen LogP contribution in [0.1, 0.15) is 219 Å². The Morgan fingerprint density at radius 3 is 1.39 bits per heavy atom. The maximum absolute atomic E-state index is 12.9. The first-order valence-corrected chi connectivity index (χ1v) is 27.0. The van der Waals surface area contributed by atoms with Crippen LogP contribution in [0.4, 0.5) is 0 Å². The molecule has 9 heteroatoms. The maximum atomic E-state index is 12.9. The van der Waals surface area contributed by atoms with Crippen LogP contribution in [0.3, 0.4) is 0 Å². The summed E-state index contributed by atoms with van der Waals surface area (Å²) in [4.78, 5) is 12.9. The van der Waals surface area contributed by atoms with Crippen LogP contribution in [-0.4, -0.2) is 89.6 Å². The topological polar surface area (TPSA) is 135 Å². The third kappa shape index (κ3) is 37.6. The van der Waals surface area contributed by atoms with Crippen LogP contribution in [0.25, 0.3) is 0 Å². The van der Waals surface area contributed by atoms with Crippen molar-refractivity contribution in [1.29, 1.82) is 0 Å². The molecule has 66 heavy (non-hydrogen) atoms.